The van der Waals surface area contributed by atoms with Crippen molar-refractivity contribution in [2.24, 2.45) is 0 Å². The molecule has 1 heterocycles. The number of alkyl halides is 3. The summed E-state index contributed by atoms with van der Waals surface area (Å²) < 4.78 is 42.5. The van der Waals surface area contributed by atoms with E-state index in [2.05, 4.69) is 15.6 Å². The van der Waals surface area contributed by atoms with Crippen LogP contribution in [0, 0.1) is 0 Å². The first-order chi connectivity index (χ1) is 7.97. The molecule has 0 aromatic carbocycles. The Hall–Kier alpha value is -1.50. The monoisotopic (exact) mass is 249 g/mol. The van der Waals surface area contributed by atoms with Crippen LogP contribution < -0.4 is 10.6 Å². The van der Waals surface area contributed by atoms with Crippen molar-refractivity contribution < 1.29 is 17.9 Å². The van der Waals surface area contributed by atoms with Crippen LogP contribution in [-0.4, -0.2) is 32.3 Å². The van der Waals surface area contributed by atoms with Gasteiger partial charge in [0.25, 0.3) is 0 Å². The second-order valence-corrected chi connectivity index (χ2v) is 3.29. The average Bonchev–Trinajstić information content (AvgIpc) is 2.28. The second kappa shape index (κ2) is 5.72. The molecule has 0 atom stereocenters. The molecule has 0 aliphatic carbocycles. The van der Waals surface area contributed by atoms with E-state index in [0.29, 0.717) is 13.2 Å². The maximum Gasteiger partial charge on any atom is 0.416 e. The fraction of sp³-hybridized carbons (Fsp3) is 0.500. The molecule has 2 N–H and O–H groups in total. The second-order valence-electron chi connectivity index (χ2n) is 3.29. The summed E-state index contributed by atoms with van der Waals surface area (Å²) in [6.07, 6.45) is -4.38. The van der Waals surface area contributed by atoms with Crippen LogP contribution in [0.25, 0.3) is 0 Å². The van der Waals surface area contributed by atoms with Gasteiger partial charge in [-0.2, -0.15) is 13.2 Å². The number of hydrogen-bond acceptors (Lipinski definition) is 4. The highest BCUT2D eigenvalue weighted by molar-refractivity contribution is 5.49. The number of pyridine rings is 1. The molecule has 1 aromatic heterocycles. The van der Waals surface area contributed by atoms with Gasteiger partial charge in [-0.15, -0.1) is 0 Å². The molecule has 0 aliphatic heterocycles. The fourth-order valence-corrected chi connectivity index (χ4v) is 1.19. The van der Waals surface area contributed by atoms with Crippen molar-refractivity contribution in [2.45, 2.75) is 6.18 Å². The molecule has 0 aliphatic rings. The van der Waals surface area contributed by atoms with Gasteiger partial charge < -0.3 is 15.4 Å². The van der Waals surface area contributed by atoms with E-state index in [-0.39, 0.29) is 11.6 Å². The predicted octanol–water partition coefficient (Wildman–Crippen LogP) is 2.20. The molecule has 1 aromatic rings. The molecule has 0 unspecified atom stereocenters. The van der Waals surface area contributed by atoms with Crippen LogP contribution in [0.15, 0.2) is 12.1 Å². The third kappa shape index (κ3) is 4.10. The van der Waals surface area contributed by atoms with Gasteiger partial charge in [0.1, 0.15) is 11.6 Å². The zero-order valence-corrected chi connectivity index (χ0v) is 9.56. The van der Waals surface area contributed by atoms with Crippen LogP contribution >= 0.6 is 0 Å². The number of rotatable bonds is 5. The van der Waals surface area contributed by atoms with Crippen molar-refractivity contribution in [3.8, 4) is 0 Å². The van der Waals surface area contributed by atoms with Crippen molar-refractivity contribution in [3.05, 3.63) is 17.7 Å². The standard InChI is InChI=1S/C10H14F3N3O/c1-14-8-5-7(10(11,12)13)6-9(16-8)15-3-4-17-2/h5-6H,3-4H2,1-2H3,(H2,14,15,16). The molecule has 0 bridgehead atoms. The number of halogens is 3. The number of methoxy groups -OCH3 is 1. The Balaban J connectivity index is 2.89. The summed E-state index contributed by atoms with van der Waals surface area (Å²) >= 11 is 0. The molecule has 0 saturated heterocycles. The maximum absolute atomic E-state index is 12.6. The quantitative estimate of drug-likeness (QED) is 0.785. The minimum Gasteiger partial charge on any atom is -0.383 e. The van der Waals surface area contributed by atoms with Crippen molar-refractivity contribution in [2.75, 3.05) is 37.9 Å². The normalized spacial score (nSPS) is 11.4. The summed E-state index contributed by atoms with van der Waals surface area (Å²) in [4.78, 5) is 3.96. The Morgan fingerprint density at radius 2 is 1.94 bits per heavy atom. The van der Waals surface area contributed by atoms with Crippen molar-refractivity contribution in [3.63, 3.8) is 0 Å². The van der Waals surface area contributed by atoms with Gasteiger partial charge in [-0.05, 0) is 12.1 Å². The Kier molecular flexibility index (Phi) is 4.56. The van der Waals surface area contributed by atoms with Gasteiger partial charge in [0, 0.05) is 20.7 Å². The largest absolute Gasteiger partial charge is 0.416 e. The molecule has 0 amide bonds. The molecule has 17 heavy (non-hydrogen) atoms. The minimum atomic E-state index is -4.38. The molecule has 96 valence electrons. The van der Waals surface area contributed by atoms with Crippen molar-refractivity contribution in [1.29, 1.82) is 0 Å². The maximum atomic E-state index is 12.6. The summed E-state index contributed by atoms with van der Waals surface area (Å²) in [5.41, 5.74) is -0.739. The average molecular weight is 249 g/mol. The number of aromatic nitrogens is 1. The molecule has 1 rings (SSSR count). The third-order valence-electron chi connectivity index (χ3n) is 2.02. The highest BCUT2D eigenvalue weighted by Crippen LogP contribution is 2.31. The Morgan fingerprint density at radius 1 is 1.29 bits per heavy atom. The molecule has 0 saturated carbocycles. The van der Waals surface area contributed by atoms with Crippen molar-refractivity contribution >= 4 is 11.6 Å². The van der Waals surface area contributed by atoms with Gasteiger partial charge in [-0.25, -0.2) is 4.98 Å². The van der Waals surface area contributed by atoms with E-state index in [1.165, 1.54) is 14.2 Å². The lowest BCUT2D eigenvalue weighted by atomic mass is 10.2. The highest BCUT2D eigenvalue weighted by atomic mass is 19.4. The molecule has 0 spiro atoms. The molecule has 7 heteroatoms. The third-order valence-corrected chi connectivity index (χ3v) is 2.02. The van der Waals surface area contributed by atoms with E-state index < -0.39 is 11.7 Å². The SMILES string of the molecule is CNc1cc(C(F)(F)F)cc(NCCOC)n1. The number of hydrogen-bond donors (Lipinski definition) is 2. The molecule has 0 radical (unpaired) electrons. The number of ether oxygens (including phenoxy) is 1. The fourth-order valence-electron chi connectivity index (χ4n) is 1.19. The Labute approximate surface area is 97.2 Å². The first-order valence-corrected chi connectivity index (χ1v) is 4.97. The molecule has 4 nitrogen and oxygen atoms in total. The topological polar surface area (TPSA) is 46.2 Å². The highest BCUT2D eigenvalue weighted by Gasteiger charge is 2.31. The minimum absolute atomic E-state index is 0.166. The van der Waals surface area contributed by atoms with Crippen LogP contribution in [0.2, 0.25) is 0 Å². The Bertz CT molecular complexity index is 368. The number of nitrogens with zero attached hydrogens (tertiary/aromatic N) is 1. The summed E-state index contributed by atoms with van der Waals surface area (Å²) in [6.45, 7) is 0.792. The lowest BCUT2D eigenvalue weighted by Gasteiger charge is -2.12. The van der Waals surface area contributed by atoms with Crippen LogP contribution in [0.3, 0.4) is 0 Å². The van der Waals surface area contributed by atoms with Crippen LogP contribution in [0.1, 0.15) is 5.56 Å². The molecular formula is C10H14F3N3O. The summed E-state index contributed by atoms with van der Waals surface area (Å²) in [6, 6.07) is 1.93. The number of nitrogens with one attached hydrogen (secondary N) is 2. The van der Waals surface area contributed by atoms with Gasteiger partial charge in [0.15, 0.2) is 0 Å². The smallest absolute Gasteiger partial charge is 0.383 e. The summed E-state index contributed by atoms with van der Waals surface area (Å²) in [5.74, 6) is 0.334. The van der Waals surface area contributed by atoms with Crippen LogP contribution in [0.5, 0.6) is 0 Å². The number of anilines is 2. The van der Waals surface area contributed by atoms with E-state index in [9.17, 15) is 13.2 Å². The zero-order valence-electron chi connectivity index (χ0n) is 9.56. The van der Waals surface area contributed by atoms with Crippen molar-refractivity contribution in [1.82, 2.24) is 4.98 Å². The van der Waals surface area contributed by atoms with E-state index in [4.69, 9.17) is 4.74 Å². The molecular weight excluding hydrogens is 235 g/mol. The van der Waals surface area contributed by atoms with E-state index in [1.54, 1.807) is 0 Å². The van der Waals surface area contributed by atoms with Gasteiger partial charge in [-0.3, -0.25) is 0 Å². The van der Waals surface area contributed by atoms with Crippen LogP contribution in [-0.2, 0) is 10.9 Å². The van der Waals surface area contributed by atoms with Gasteiger partial charge >= 0.3 is 6.18 Å². The van der Waals surface area contributed by atoms with Crippen LogP contribution in [0.4, 0.5) is 24.8 Å². The molecule has 0 fully saturated rings. The predicted molar refractivity (Wildman–Crippen MR) is 59.2 cm³/mol. The van der Waals surface area contributed by atoms with Gasteiger partial charge in [0.05, 0.1) is 12.2 Å². The summed E-state index contributed by atoms with van der Waals surface area (Å²) in [7, 11) is 3.03. The first kappa shape index (κ1) is 13.6. The van der Waals surface area contributed by atoms with E-state index >= 15 is 0 Å². The first-order valence-electron chi connectivity index (χ1n) is 4.97. The van der Waals surface area contributed by atoms with Gasteiger partial charge in [0.2, 0.25) is 0 Å². The Morgan fingerprint density at radius 3 is 2.47 bits per heavy atom. The lowest BCUT2D eigenvalue weighted by Crippen LogP contribution is -2.12. The van der Waals surface area contributed by atoms with E-state index in [1.807, 2.05) is 0 Å². The lowest BCUT2D eigenvalue weighted by molar-refractivity contribution is -0.137. The zero-order chi connectivity index (χ0) is 12.9. The van der Waals surface area contributed by atoms with Gasteiger partial charge in [-0.1, -0.05) is 0 Å². The summed E-state index contributed by atoms with van der Waals surface area (Å²) in [5, 5.41) is 5.34. The van der Waals surface area contributed by atoms with E-state index in [0.717, 1.165) is 12.1 Å².